The second-order valence-corrected chi connectivity index (χ2v) is 6.30. The molecule has 0 aliphatic carbocycles. The van der Waals surface area contributed by atoms with Gasteiger partial charge < -0.3 is 9.88 Å². The molecule has 0 amide bonds. The number of hydrogen-bond acceptors (Lipinski definition) is 4. The van der Waals surface area contributed by atoms with Crippen LogP contribution < -0.4 is 10.7 Å². The zero-order valence-corrected chi connectivity index (χ0v) is 15.4. The standard InChI is InChI=1S/C17H21N5O2S/c1-11(2)21-12(3)9-14(13(21)4)10-18-20-17(25)19-15-7-5-6-8-16(15)22(23)24/h5-11H,1-4H3,(H2,19,20,25)/b18-10-. The number of benzene rings is 1. The molecule has 0 saturated heterocycles. The lowest BCUT2D eigenvalue weighted by atomic mass is 10.2. The molecule has 0 aliphatic heterocycles. The predicted molar refractivity (Wildman–Crippen MR) is 104 cm³/mol. The molecule has 0 spiro atoms. The van der Waals surface area contributed by atoms with Crippen LogP contribution in [0.1, 0.15) is 36.8 Å². The second-order valence-electron chi connectivity index (χ2n) is 5.89. The van der Waals surface area contributed by atoms with Crippen LogP contribution in [0, 0.1) is 24.0 Å². The normalized spacial score (nSPS) is 11.1. The zero-order valence-electron chi connectivity index (χ0n) is 14.6. The highest BCUT2D eigenvalue weighted by Gasteiger charge is 2.13. The molecule has 1 heterocycles. The molecular formula is C17H21N5O2S. The van der Waals surface area contributed by atoms with Crippen molar-refractivity contribution < 1.29 is 4.92 Å². The van der Waals surface area contributed by atoms with E-state index >= 15 is 0 Å². The third-order valence-corrected chi connectivity index (χ3v) is 3.95. The minimum Gasteiger partial charge on any atom is -0.346 e. The van der Waals surface area contributed by atoms with Crippen LogP contribution in [0.15, 0.2) is 35.4 Å². The van der Waals surface area contributed by atoms with E-state index in [0.29, 0.717) is 11.7 Å². The van der Waals surface area contributed by atoms with Gasteiger partial charge in [-0.15, -0.1) is 0 Å². The maximum atomic E-state index is 11.0. The van der Waals surface area contributed by atoms with Crippen molar-refractivity contribution in [1.82, 2.24) is 9.99 Å². The van der Waals surface area contributed by atoms with Crippen molar-refractivity contribution in [3.63, 3.8) is 0 Å². The molecule has 1 aromatic carbocycles. The Kier molecular flexibility index (Phi) is 5.87. The van der Waals surface area contributed by atoms with E-state index in [-0.39, 0.29) is 10.8 Å². The van der Waals surface area contributed by atoms with Gasteiger partial charge in [0.15, 0.2) is 5.11 Å². The third kappa shape index (κ3) is 4.42. The van der Waals surface area contributed by atoms with E-state index in [4.69, 9.17) is 12.2 Å². The average molecular weight is 359 g/mol. The summed E-state index contributed by atoms with van der Waals surface area (Å²) in [6.45, 7) is 8.35. The predicted octanol–water partition coefficient (Wildman–Crippen LogP) is 3.91. The van der Waals surface area contributed by atoms with Crippen LogP contribution in [0.2, 0.25) is 0 Å². The number of para-hydroxylation sites is 2. The van der Waals surface area contributed by atoms with Gasteiger partial charge in [-0.25, -0.2) is 0 Å². The van der Waals surface area contributed by atoms with Gasteiger partial charge >= 0.3 is 0 Å². The molecule has 0 fully saturated rings. The summed E-state index contributed by atoms with van der Waals surface area (Å²) in [5.41, 5.74) is 6.24. The molecule has 0 unspecified atom stereocenters. The highest BCUT2D eigenvalue weighted by atomic mass is 32.1. The Hall–Kier alpha value is -2.74. The van der Waals surface area contributed by atoms with E-state index in [1.165, 1.54) is 6.07 Å². The Labute approximate surface area is 151 Å². The van der Waals surface area contributed by atoms with E-state index in [9.17, 15) is 10.1 Å². The fourth-order valence-corrected chi connectivity index (χ4v) is 2.94. The Morgan fingerprint density at radius 3 is 2.64 bits per heavy atom. The maximum Gasteiger partial charge on any atom is 0.292 e. The number of rotatable bonds is 5. The van der Waals surface area contributed by atoms with Crippen molar-refractivity contribution in [2.75, 3.05) is 5.32 Å². The van der Waals surface area contributed by atoms with Gasteiger partial charge in [0.1, 0.15) is 5.69 Å². The monoisotopic (exact) mass is 359 g/mol. The molecule has 2 rings (SSSR count). The van der Waals surface area contributed by atoms with Crippen molar-refractivity contribution in [2.45, 2.75) is 33.7 Å². The van der Waals surface area contributed by atoms with Gasteiger partial charge in [0.05, 0.1) is 11.1 Å². The van der Waals surface area contributed by atoms with Crippen LogP contribution in [0.3, 0.4) is 0 Å². The summed E-state index contributed by atoms with van der Waals surface area (Å²) in [6.07, 6.45) is 1.69. The first-order valence-corrected chi connectivity index (χ1v) is 8.24. The van der Waals surface area contributed by atoms with Crippen LogP contribution in [0.4, 0.5) is 11.4 Å². The Morgan fingerprint density at radius 1 is 1.36 bits per heavy atom. The molecule has 0 atom stereocenters. The zero-order chi connectivity index (χ0) is 18.6. The van der Waals surface area contributed by atoms with Crippen molar-refractivity contribution in [2.24, 2.45) is 5.10 Å². The summed E-state index contributed by atoms with van der Waals surface area (Å²) >= 11 is 5.14. The summed E-state index contributed by atoms with van der Waals surface area (Å²) in [5.74, 6) is 0. The quantitative estimate of drug-likeness (QED) is 0.366. The van der Waals surface area contributed by atoms with E-state index < -0.39 is 4.92 Å². The molecule has 2 N–H and O–H groups in total. The molecule has 25 heavy (non-hydrogen) atoms. The lowest BCUT2D eigenvalue weighted by molar-refractivity contribution is -0.383. The highest BCUT2D eigenvalue weighted by molar-refractivity contribution is 7.80. The number of hydrogen-bond donors (Lipinski definition) is 2. The fraction of sp³-hybridized carbons (Fsp3) is 0.294. The van der Waals surface area contributed by atoms with Gasteiger partial charge in [0.2, 0.25) is 0 Å². The first-order valence-electron chi connectivity index (χ1n) is 7.83. The molecule has 0 radical (unpaired) electrons. The van der Waals surface area contributed by atoms with Crippen molar-refractivity contribution in [3.05, 3.63) is 57.4 Å². The largest absolute Gasteiger partial charge is 0.346 e. The number of nitro groups is 1. The highest BCUT2D eigenvalue weighted by Crippen LogP contribution is 2.23. The molecule has 2 aromatic rings. The molecule has 7 nitrogen and oxygen atoms in total. The molecule has 132 valence electrons. The number of nitrogens with one attached hydrogen (secondary N) is 2. The number of thiocarbonyl (C=S) groups is 1. The van der Waals surface area contributed by atoms with Crippen LogP contribution in [0.25, 0.3) is 0 Å². The van der Waals surface area contributed by atoms with Gasteiger partial charge in [0.25, 0.3) is 5.69 Å². The molecule has 0 aliphatic rings. The third-order valence-electron chi connectivity index (χ3n) is 3.76. The van der Waals surface area contributed by atoms with E-state index in [1.807, 2.05) is 6.92 Å². The fourth-order valence-electron chi connectivity index (χ4n) is 2.78. The Balaban J connectivity index is 2.05. The van der Waals surface area contributed by atoms with Crippen LogP contribution >= 0.6 is 12.2 Å². The van der Waals surface area contributed by atoms with Crippen molar-refractivity contribution in [3.8, 4) is 0 Å². The van der Waals surface area contributed by atoms with Gasteiger partial charge in [-0.2, -0.15) is 5.10 Å². The van der Waals surface area contributed by atoms with Crippen molar-refractivity contribution >= 4 is 34.9 Å². The molecule has 0 saturated carbocycles. The van der Waals surface area contributed by atoms with Crippen LogP contribution in [-0.2, 0) is 0 Å². The van der Waals surface area contributed by atoms with E-state index in [0.717, 1.165) is 17.0 Å². The maximum absolute atomic E-state index is 11.0. The first kappa shape index (κ1) is 18.6. The number of aryl methyl sites for hydroxylation is 1. The smallest absolute Gasteiger partial charge is 0.292 e. The summed E-state index contributed by atoms with van der Waals surface area (Å²) in [4.78, 5) is 10.5. The SMILES string of the molecule is Cc1cc(/C=N\NC(=S)Nc2ccccc2[N+](=O)[O-])c(C)n1C(C)C. The molecule has 1 aromatic heterocycles. The van der Waals surface area contributed by atoms with Gasteiger partial charge in [-0.1, -0.05) is 12.1 Å². The molecule has 8 heteroatoms. The topological polar surface area (TPSA) is 84.5 Å². The summed E-state index contributed by atoms with van der Waals surface area (Å²) in [7, 11) is 0. The van der Waals surface area contributed by atoms with Gasteiger partial charge in [-0.3, -0.25) is 15.5 Å². The number of nitro benzene ring substituents is 1. The van der Waals surface area contributed by atoms with Crippen molar-refractivity contribution in [1.29, 1.82) is 0 Å². The Morgan fingerprint density at radius 2 is 2.04 bits per heavy atom. The summed E-state index contributed by atoms with van der Waals surface area (Å²) in [6, 6.07) is 8.72. The Bertz CT molecular complexity index is 826. The number of aromatic nitrogens is 1. The molecular weight excluding hydrogens is 338 g/mol. The number of nitrogens with zero attached hydrogens (tertiary/aromatic N) is 3. The first-order chi connectivity index (χ1) is 11.8. The minimum absolute atomic E-state index is 0.0453. The van der Waals surface area contributed by atoms with Gasteiger partial charge in [-0.05, 0) is 52.0 Å². The number of anilines is 1. The minimum atomic E-state index is -0.463. The van der Waals surface area contributed by atoms with E-state index in [1.54, 1.807) is 24.4 Å². The van der Waals surface area contributed by atoms with Crippen LogP contribution in [-0.4, -0.2) is 20.8 Å². The lowest BCUT2D eigenvalue weighted by Crippen LogP contribution is -2.24. The van der Waals surface area contributed by atoms with Crippen LogP contribution in [0.5, 0.6) is 0 Å². The van der Waals surface area contributed by atoms with E-state index in [2.05, 4.69) is 47.2 Å². The summed E-state index contributed by atoms with van der Waals surface area (Å²) in [5, 5.41) is 18.1. The van der Waals surface area contributed by atoms with Gasteiger partial charge in [0, 0.05) is 29.1 Å². The average Bonchev–Trinajstić information content (AvgIpc) is 2.81. The lowest BCUT2D eigenvalue weighted by Gasteiger charge is -2.13. The summed E-state index contributed by atoms with van der Waals surface area (Å²) < 4.78 is 2.23. The second kappa shape index (κ2) is 7.89. The number of hydrazone groups is 1. The molecule has 0 bridgehead atoms.